The fourth-order valence-electron chi connectivity index (χ4n) is 6.15. The quantitative estimate of drug-likeness (QED) is 0.546. The molecule has 3 N–H and O–H groups in total. The Labute approximate surface area is 210 Å². The Morgan fingerprint density at radius 1 is 1.11 bits per heavy atom. The molecule has 0 unspecified atom stereocenters. The second-order valence-electron chi connectivity index (χ2n) is 9.95. The lowest BCUT2D eigenvalue weighted by Crippen LogP contribution is -2.52. The molecule has 1 aliphatic carbocycles. The Morgan fingerprint density at radius 3 is 2.75 bits per heavy atom. The molecule has 9 nitrogen and oxygen atoms in total. The van der Waals surface area contributed by atoms with Crippen LogP contribution in [0.25, 0.3) is 0 Å². The normalized spacial score (nSPS) is 26.9. The first kappa shape index (κ1) is 24.4. The van der Waals surface area contributed by atoms with Crippen LogP contribution in [0.1, 0.15) is 54.3 Å². The summed E-state index contributed by atoms with van der Waals surface area (Å²) in [7, 11) is 1.71. The highest BCUT2D eigenvalue weighted by Gasteiger charge is 2.48. The van der Waals surface area contributed by atoms with Crippen molar-refractivity contribution in [2.24, 2.45) is 11.8 Å². The van der Waals surface area contributed by atoms with Gasteiger partial charge in [-0.15, -0.1) is 0 Å². The summed E-state index contributed by atoms with van der Waals surface area (Å²) in [6, 6.07) is 11.3. The number of nitrogens with one attached hydrogen (secondary N) is 3. The van der Waals surface area contributed by atoms with Crippen molar-refractivity contribution in [1.82, 2.24) is 15.5 Å². The molecule has 0 radical (unpaired) electrons. The van der Waals surface area contributed by atoms with Gasteiger partial charge in [0.05, 0.1) is 37.4 Å². The van der Waals surface area contributed by atoms with E-state index >= 15 is 0 Å². The van der Waals surface area contributed by atoms with Gasteiger partial charge >= 0.3 is 0 Å². The number of furan rings is 1. The van der Waals surface area contributed by atoms with E-state index in [4.69, 9.17) is 9.15 Å². The van der Waals surface area contributed by atoms with Crippen LogP contribution in [0.3, 0.4) is 0 Å². The van der Waals surface area contributed by atoms with Crippen LogP contribution >= 0.6 is 0 Å². The van der Waals surface area contributed by atoms with Crippen LogP contribution in [-0.2, 0) is 14.3 Å². The van der Waals surface area contributed by atoms with Gasteiger partial charge in [-0.25, -0.2) is 0 Å². The first-order chi connectivity index (χ1) is 17.6. The molecule has 2 aromatic rings. The van der Waals surface area contributed by atoms with E-state index in [9.17, 15) is 14.4 Å². The summed E-state index contributed by atoms with van der Waals surface area (Å²) >= 11 is 0. The zero-order valence-electron chi connectivity index (χ0n) is 20.6. The lowest BCUT2D eigenvalue weighted by Gasteiger charge is -2.41. The van der Waals surface area contributed by atoms with Gasteiger partial charge in [0.1, 0.15) is 0 Å². The van der Waals surface area contributed by atoms with E-state index in [2.05, 4.69) is 28.1 Å². The highest BCUT2D eigenvalue weighted by molar-refractivity contribution is 5.94. The molecule has 0 spiro atoms. The first-order valence-corrected chi connectivity index (χ1v) is 12.8. The first-order valence-electron chi connectivity index (χ1n) is 12.8. The van der Waals surface area contributed by atoms with Crippen LogP contribution in [0.4, 0.5) is 5.69 Å². The van der Waals surface area contributed by atoms with Gasteiger partial charge in [-0.05, 0) is 43.0 Å². The van der Waals surface area contributed by atoms with Crippen molar-refractivity contribution in [1.29, 1.82) is 0 Å². The van der Waals surface area contributed by atoms with E-state index in [-0.39, 0.29) is 54.1 Å². The van der Waals surface area contributed by atoms with Gasteiger partial charge in [0.15, 0.2) is 5.76 Å². The molecule has 1 aromatic heterocycles. The number of fused-ring (bicyclic) bond motifs is 3. The number of carbonyl (C=O) groups is 3. The minimum atomic E-state index is -0.440. The van der Waals surface area contributed by atoms with Gasteiger partial charge in [0, 0.05) is 31.3 Å². The Bertz CT molecular complexity index is 1090. The van der Waals surface area contributed by atoms with Crippen molar-refractivity contribution in [3.63, 3.8) is 0 Å². The molecule has 1 saturated heterocycles. The Balaban J connectivity index is 1.28. The third-order valence-electron chi connectivity index (χ3n) is 7.80. The second-order valence-corrected chi connectivity index (χ2v) is 9.95. The zero-order chi connectivity index (χ0) is 25.1. The van der Waals surface area contributed by atoms with Crippen LogP contribution in [0, 0.1) is 11.8 Å². The van der Waals surface area contributed by atoms with E-state index in [0.717, 1.165) is 43.4 Å². The molecule has 0 bridgehead atoms. The predicted octanol–water partition coefficient (Wildman–Crippen LogP) is 2.71. The molecule has 5 atom stereocenters. The van der Waals surface area contributed by atoms with Crippen molar-refractivity contribution in [2.75, 3.05) is 32.1 Å². The summed E-state index contributed by atoms with van der Waals surface area (Å²) < 4.78 is 10.6. The van der Waals surface area contributed by atoms with Crippen LogP contribution in [-0.4, -0.2) is 61.5 Å². The minimum Gasteiger partial charge on any atom is -0.459 e. The maximum absolute atomic E-state index is 14.0. The lowest BCUT2D eigenvalue weighted by atomic mass is 9.81. The summed E-state index contributed by atoms with van der Waals surface area (Å²) in [6.07, 6.45) is 5.74. The van der Waals surface area contributed by atoms with E-state index in [1.807, 2.05) is 17.0 Å². The maximum Gasteiger partial charge on any atom is 0.287 e. The second kappa shape index (κ2) is 10.7. The van der Waals surface area contributed by atoms with Gasteiger partial charge in [-0.1, -0.05) is 31.0 Å². The number of carbonyl (C=O) groups excluding carboxylic acids is 3. The average molecular weight is 495 g/mol. The monoisotopic (exact) mass is 494 g/mol. The number of anilines is 1. The number of benzene rings is 1. The molecule has 9 heteroatoms. The molecule has 192 valence electrons. The summed E-state index contributed by atoms with van der Waals surface area (Å²) in [4.78, 5) is 40.8. The Kier molecular flexibility index (Phi) is 7.27. The molecule has 3 heterocycles. The standard InChI is InChI=1S/C27H34N4O5/c1-35-16-22-18-12-13-31(25(18)17-7-2-4-9-20(17)29-22)27(34)19-8-3-5-10-21(19)30-24(32)15-28-26(33)23-11-6-14-36-23/h2,4,6-7,9,11,14,18-19,21-22,25,29H,3,5,8,10,12-13,15-16H2,1H3,(H,28,33)(H,30,32)/t18-,19+,21-,22+,25+/m1/s1. The van der Waals surface area contributed by atoms with E-state index in [1.54, 1.807) is 19.2 Å². The van der Waals surface area contributed by atoms with Gasteiger partial charge in [0.25, 0.3) is 5.91 Å². The largest absolute Gasteiger partial charge is 0.459 e. The van der Waals surface area contributed by atoms with E-state index in [0.29, 0.717) is 13.2 Å². The summed E-state index contributed by atoms with van der Waals surface area (Å²) in [6.45, 7) is 1.12. The topological polar surface area (TPSA) is 113 Å². The number of hydrogen-bond acceptors (Lipinski definition) is 6. The maximum atomic E-state index is 14.0. The van der Waals surface area contributed by atoms with Gasteiger partial charge in [-0.3, -0.25) is 14.4 Å². The molecule has 3 amide bonds. The number of rotatable bonds is 7. The molecule has 36 heavy (non-hydrogen) atoms. The van der Waals surface area contributed by atoms with Crippen molar-refractivity contribution in [3.05, 3.63) is 54.0 Å². The zero-order valence-corrected chi connectivity index (χ0v) is 20.6. The number of methoxy groups -OCH3 is 1. The third kappa shape index (κ3) is 4.84. The minimum absolute atomic E-state index is 0.000891. The molecule has 1 saturated carbocycles. The van der Waals surface area contributed by atoms with Gasteiger partial charge in [0.2, 0.25) is 11.8 Å². The molecular weight excluding hydrogens is 460 g/mol. The SMILES string of the molecule is COC[C@@H]1Nc2ccccc2[C@H]2[C@@H]1CCN2C(=O)[C@H]1CCCC[C@H]1NC(=O)CNC(=O)c1ccco1. The number of likely N-dealkylation sites (tertiary alicyclic amines) is 1. The predicted molar refractivity (Wildman–Crippen MR) is 133 cm³/mol. The lowest BCUT2D eigenvalue weighted by molar-refractivity contribution is -0.139. The van der Waals surface area contributed by atoms with Crippen molar-refractivity contribution < 1.29 is 23.5 Å². The average Bonchev–Trinajstić information content (AvgIpc) is 3.59. The third-order valence-corrected chi connectivity index (χ3v) is 7.80. The molecular formula is C27H34N4O5. The number of ether oxygens (including phenoxy) is 1. The number of para-hydroxylation sites is 1. The summed E-state index contributed by atoms with van der Waals surface area (Å²) in [5.74, 6) is -0.468. The number of nitrogens with zero attached hydrogens (tertiary/aromatic N) is 1. The highest BCUT2D eigenvalue weighted by Crippen LogP contribution is 2.47. The number of hydrogen-bond donors (Lipinski definition) is 3. The van der Waals surface area contributed by atoms with Gasteiger partial charge in [-0.2, -0.15) is 0 Å². The Morgan fingerprint density at radius 2 is 1.94 bits per heavy atom. The molecule has 1 aromatic carbocycles. The van der Waals surface area contributed by atoms with Crippen molar-refractivity contribution >= 4 is 23.4 Å². The van der Waals surface area contributed by atoms with Crippen LogP contribution in [0.2, 0.25) is 0 Å². The van der Waals surface area contributed by atoms with Gasteiger partial charge < -0.3 is 30.0 Å². The fraction of sp³-hybridized carbons (Fsp3) is 0.519. The summed E-state index contributed by atoms with van der Waals surface area (Å²) in [5, 5.41) is 9.23. The highest BCUT2D eigenvalue weighted by atomic mass is 16.5. The Hall–Kier alpha value is -3.33. The molecule has 3 aliphatic rings. The van der Waals surface area contributed by atoms with Crippen molar-refractivity contribution in [2.45, 2.75) is 50.2 Å². The van der Waals surface area contributed by atoms with Crippen LogP contribution in [0.15, 0.2) is 47.1 Å². The van der Waals surface area contributed by atoms with Crippen LogP contribution < -0.4 is 16.0 Å². The van der Waals surface area contributed by atoms with E-state index < -0.39 is 5.91 Å². The molecule has 2 fully saturated rings. The number of amides is 3. The van der Waals surface area contributed by atoms with Crippen LogP contribution in [0.5, 0.6) is 0 Å². The fourth-order valence-corrected chi connectivity index (χ4v) is 6.15. The summed E-state index contributed by atoms with van der Waals surface area (Å²) in [5.41, 5.74) is 2.21. The molecule has 5 rings (SSSR count). The smallest absolute Gasteiger partial charge is 0.287 e. The van der Waals surface area contributed by atoms with E-state index in [1.165, 1.54) is 6.26 Å². The van der Waals surface area contributed by atoms with Crippen molar-refractivity contribution in [3.8, 4) is 0 Å². The molecule has 2 aliphatic heterocycles.